The van der Waals surface area contributed by atoms with E-state index in [-0.39, 0.29) is 0 Å². The van der Waals surface area contributed by atoms with Gasteiger partial charge < -0.3 is 14.8 Å². The second kappa shape index (κ2) is 8.77. The monoisotopic (exact) mass is 322 g/mol. The summed E-state index contributed by atoms with van der Waals surface area (Å²) in [5.74, 6) is 3.55. The Hall–Kier alpha value is -0.750. The minimum absolute atomic E-state index is 0.659. The minimum atomic E-state index is 0.659. The first-order valence-electron chi connectivity index (χ1n) is 8.24. The molecule has 122 valence electrons. The summed E-state index contributed by atoms with van der Waals surface area (Å²) in [5.41, 5.74) is 1.27. The van der Waals surface area contributed by atoms with Crippen molar-refractivity contribution in [1.29, 1.82) is 0 Å². The van der Waals surface area contributed by atoms with Crippen LogP contribution in [0.3, 0.4) is 0 Å². The SMILES string of the molecule is c1ccc(OCCN2CCOCC2)c(CN[C@H]2CCSC2)c1. The lowest BCUT2D eigenvalue weighted by atomic mass is 10.2. The number of hydrogen-bond donors (Lipinski definition) is 1. The van der Waals surface area contributed by atoms with Crippen molar-refractivity contribution in [2.24, 2.45) is 0 Å². The van der Waals surface area contributed by atoms with Crippen molar-refractivity contribution in [3.63, 3.8) is 0 Å². The number of benzene rings is 1. The maximum atomic E-state index is 6.03. The Kier molecular flexibility index (Phi) is 6.43. The summed E-state index contributed by atoms with van der Waals surface area (Å²) in [5, 5.41) is 3.65. The normalized spacial score (nSPS) is 22.8. The summed E-state index contributed by atoms with van der Waals surface area (Å²) in [6.07, 6.45) is 1.28. The van der Waals surface area contributed by atoms with Crippen LogP contribution in [0.5, 0.6) is 5.75 Å². The molecule has 4 nitrogen and oxygen atoms in total. The van der Waals surface area contributed by atoms with Gasteiger partial charge in [0.15, 0.2) is 0 Å². The Balaban J connectivity index is 1.45. The fourth-order valence-electron chi connectivity index (χ4n) is 2.85. The van der Waals surface area contributed by atoms with E-state index in [1.54, 1.807) is 0 Å². The van der Waals surface area contributed by atoms with Gasteiger partial charge in [-0.25, -0.2) is 0 Å². The molecule has 3 rings (SSSR count). The van der Waals surface area contributed by atoms with Gasteiger partial charge >= 0.3 is 0 Å². The second-order valence-electron chi connectivity index (χ2n) is 5.85. The number of nitrogens with one attached hydrogen (secondary N) is 1. The predicted molar refractivity (Wildman–Crippen MR) is 91.8 cm³/mol. The van der Waals surface area contributed by atoms with Gasteiger partial charge in [0.25, 0.3) is 0 Å². The molecule has 1 aromatic rings. The molecule has 2 aliphatic rings. The van der Waals surface area contributed by atoms with Crippen LogP contribution in [-0.4, -0.2) is 61.9 Å². The zero-order valence-electron chi connectivity index (χ0n) is 13.1. The van der Waals surface area contributed by atoms with Gasteiger partial charge in [-0.2, -0.15) is 11.8 Å². The van der Waals surface area contributed by atoms with E-state index in [0.29, 0.717) is 6.04 Å². The van der Waals surface area contributed by atoms with Crippen LogP contribution in [-0.2, 0) is 11.3 Å². The smallest absolute Gasteiger partial charge is 0.123 e. The molecule has 0 spiro atoms. The summed E-state index contributed by atoms with van der Waals surface area (Å²) in [4.78, 5) is 2.40. The quantitative estimate of drug-likeness (QED) is 0.830. The van der Waals surface area contributed by atoms with Crippen LogP contribution in [0.4, 0.5) is 0 Å². The van der Waals surface area contributed by atoms with Crippen LogP contribution in [0.2, 0.25) is 0 Å². The Labute approximate surface area is 137 Å². The van der Waals surface area contributed by atoms with E-state index in [1.165, 1.54) is 23.5 Å². The fourth-order valence-corrected chi connectivity index (χ4v) is 4.04. The van der Waals surface area contributed by atoms with E-state index in [4.69, 9.17) is 9.47 Å². The fraction of sp³-hybridized carbons (Fsp3) is 0.647. The third-order valence-corrected chi connectivity index (χ3v) is 5.41. The molecule has 0 bridgehead atoms. The average molecular weight is 322 g/mol. The molecule has 1 aromatic carbocycles. The van der Waals surface area contributed by atoms with Crippen molar-refractivity contribution < 1.29 is 9.47 Å². The highest BCUT2D eigenvalue weighted by molar-refractivity contribution is 7.99. The van der Waals surface area contributed by atoms with E-state index in [2.05, 4.69) is 34.5 Å². The molecule has 0 saturated carbocycles. The lowest BCUT2D eigenvalue weighted by Crippen LogP contribution is -2.38. The molecule has 22 heavy (non-hydrogen) atoms. The molecule has 1 atom stereocenters. The third-order valence-electron chi connectivity index (χ3n) is 4.25. The zero-order chi connectivity index (χ0) is 15.0. The van der Waals surface area contributed by atoms with E-state index >= 15 is 0 Å². The summed E-state index contributed by atoms with van der Waals surface area (Å²) in [6.45, 7) is 6.36. The number of hydrogen-bond acceptors (Lipinski definition) is 5. The molecule has 2 aliphatic heterocycles. The lowest BCUT2D eigenvalue weighted by molar-refractivity contribution is 0.0322. The van der Waals surface area contributed by atoms with Crippen LogP contribution < -0.4 is 10.1 Å². The van der Waals surface area contributed by atoms with Gasteiger partial charge in [0.05, 0.1) is 13.2 Å². The summed E-state index contributed by atoms with van der Waals surface area (Å²) in [6, 6.07) is 9.05. The highest BCUT2D eigenvalue weighted by atomic mass is 32.2. The summed E-state index contributed by atoms with van der Waals surface area (Å²) in [7, 11) is 0. The Bertz CT molecular complexity index is 446. The molecule has 0 radical (unpaired) electrons. The van der Waals surface area contributed by atoms with Crippen LogP contribution >= 0.6 is 11.8 Å². The first kappa shape index (κ1) is 16.1. The van der Waals surface area contributed by atoms with Gasteiger partial charge in [-0.1, -0.05) is 18.2 Å². The zero-order valence-corrected chi connectivity index (χ0v) is 13.9. The predicted octanol–water partition coefficient (Wildman–Crippen LogP) is 1.99. The van der Waals surface area contributed by atoms with Crippen LogP contribution in [0.15, 0.2) is 24.3 Å². The number of thioether (sulfide) groups is 1. The van der Waals surface area contributed by atoms with Crippen molar-refractivity contribution in [1.82, 2.24) is 10.2 Å². The van der Waals surface area contributed by atoms with Crippen molar-refractivity contribution in [3.05, 3.63) is 29.8 Å². The van der Waals surface area contributed by atoms with Gasteiger partial charge in [0.1, 0.15) is 12.4 Å². The number of nitrogens with zero attached hydrogens (tertiary/aromatic N) is 1. The number of para-hydroxylation sites is 1. The van der Waals surface area contributed by atoms with Crippen molar-refractivity contribution in [2.45, 2.75) is 19.0 Å². The first-order chi connectivity index (χ1) is 10.9. The Morgan fingerprint density at radius 2 is 2.14 bits per heavy atom. The molecule has 0 unspecified atom stereocenters. The molecule has 0 aromatic heterocycles. The van der Waals surface area contributed by atoms with Gasteiger partial charge in [-0.05, 0) is 18.2 Å². The molecule has 2 saturated heterocycles. The van der Waals surface area contributed by atoms with Crippen molar-refractivity contribution in [2.75, 3.05) is 51.0 Å². The van der Waals surface area contributed by atoms with Crippen molar-refractivity contribution >= 4 is 11.8 Å². The maximum absolute atomic E-state index is 6.03. The third kappa shape index (κ3) is 4.88. The van der Waals surface area contributed by atoms with Crippen LogP contribution in [0.25, 0.3) is 0 Å². The number of rotatable bonds is 7. The van der Waals surface area contributed by atoms with Crippen LogP contribution in [0, 0.1) is 0 Å². The van der Waals surface area contributed by atoms with Gasteiger partial charge in [0.2, 0.25) is 0 Å². The largest absolute Gasteiger partial charge is 0.492 e. The lowest BCUT2D eigenvalue weighted by Gasteiger charge is -2.26. The van der Waals surface area contributed by atoms with Gasteiger partial charge in [-0.15, -0.1) is 0 Å². The minimum Gasteiger partial charge on any atom is -0.492 e. The number of morpholine rings is 1. The van der Waals surface area contributed by atoms with Gasteiger partial charge in [-0.3, -0.25) is 4.90 Å². The topological polar surface area (TPSA) is 33.7 Å². The highest BCUT2D eigenvalue weighted by Gasteiger charge is 2.15. The first-order valence-corrected chi connectivity index (χ1v) is 9.39. The Morgan fingerprint density at radius 1 is 1.27 bits per heavy atom. The van der Waals surface area contributed by atoms with Crippen molar-refractivity contribution in [3.8, 4) is 5.75 Å². The molecule has 1 N–H and O–H groups in total. The molecule has 5 heteroatoms. The van der Waals surface area contributed by atoms with Crippen LogP contribution in [0.1, 0.15) is 12.0 Å². The van der Waals surface area contributed by atoms with E-state index in [0.717, 1.165) is 51.7 Å². The summed E-state index contributed by atoms with van der Waals surface area (Å²) < 4.78 is 11.4. The number of ether oxygens (including phenoxy) is 2. The Morgan fingerprint density at radius 3 is 2.95 bits per heavy atom. The molecule has 0 aliphatic carbocycles. The van der Waals surface area contributed by atoms with E-state index in [1.807, 2.05) is 11.8 Å². The molecule has 2 heterocycles. The van der Waals surface area contributed by atoms with E-state index < -0.39 is 0 Å². The molecular formula is C17H26N2O2S. The second-order valence-corrected chi connectivity index (χ2v) is 7.00. The van der Waals surface area contributed by atoms with E-state index in [9.17, 15) is 0 Å². The molecule has 2 fully saturated rings. The standard InChI is InChI=1S/C17H26N2O2S/c1-2-4-17(21-11-8-19-6-9-20-10-7-19)15(3-1)13-18-16-5-12-22-14-16/h1-4,16,18H,5-14H2/t16-/m0/s1. The summed E-state index contributed by atoms with van der Waals surface area (Å²) >= 11 is 2.04. The maximum Gasteiger partial charge on any atom is 0.123 e. The molecule has 0 amide bonds. The average Bonchev–Trinajstić information content (AvgIpc) is 3.08. The highest BCUT2D eigenvalue weighted by Crippen LogP contribution is 2.21. The molecular weight excluding hydrogens is 296 g/mol. The van der Waals surface area contributed by atoms with Gasteiger partial charge in [0, 0.05) is 43.5 Å².